The molecular weight excluding hydrogens is 178 g/mol. The van der Waals surface area contributed by atoms with Crippen molar-refractivity contribution in [2.45, 2.75) is 37.8 Å². The van der Waals surface area contributed by atoms with Gasteiger partial charge in [0.15, 0.2) is 0 Å². The third kappa shape index (κ3) is 2.25. The fourth-order valence-corrected chi connectivity index (χ4v) is 2.50. The molecule has 1 saturated carbocycles. The van der Waals surface area contributed by atoms with Gasteiger partial charge in [0.05, 0.1) is 6.54 Å². The average Bonchev–Trinajstić information content (AvgIpc) is 2.18. The first kappa shape index (κ1) is 9.93. The fraction of sp³-hybridized carbons (Fsp3) is 0.900. The summed E-state index contributed by atoms with van der Waals surface area (Å²) in [7, 11) is 0. The van der Waals surface area contributed by atoms with E-state index in [1.54, 1.807) is 0 Å². The second kappa shape index (κ2) is 4.28. The zero-order valence-electron chi connectivity index (χ0n) is 8.54. The first-order valence-electron chi connectivity index (χ1n) is 5.52. The summed E-state index contributed by atoms with van der Waals surface area (Å²) in [4.78, 5) is 13.5. The molecule has 1 aliphatic heterocycles. The van der Waals surface area contributed by atoms with Crippen molar-refractivity contribution in [2.24, 2.45) is 5.73 Å². The Morgan fingerprint density at radius 1 is 1.43 bits per heavy atom. The molecule has 2 aliphatic rings. The van der Waals surface area contributed by atoms with E-state index >= 15 is 0 Å². The number of piperazine rings is 1. The summed E-state index contributed by atoms with van der Waals surface area (Å²) < 4.78 is 0. The molecule has 0 aromatic rings. The Morgan fingerprint density at radius 3 is 3.00 bits per heavy atom. The second-order valence-corrected chi connectivity index (χ2v) is 4.40. The van der Waals surface area contributed by atoms with Crippen molar-refractivity contribution in [2.75, 3.05) is 19.6 Å². The SMILES string of the molecule is NC1CCCC(N2CCNC(=O)C2)C1. The molecule has 14 heavy (non-hydrogen) atoms. The van der Waals surface area contributed by atoms with Crippen LogP contribution in [0.4, 0.5) is 0 Å². The van der Waals surface area contributed by atoms with Crippen LogP contribution in [0.1, 0.15) is 25.7 Å². The predicted molar refractivity (Wildman–Crippen MR) is 54.8 cm³/mol. The highest BCUT2D eigenvalue weighted by Gasteiger charge is 2.27. The third-order valence-electron chi connectivity index (χ3n) is 3.27. The van der Waals surface area contributed by atoms with Crippen LogP contribution in [-0.4, -0.2) is 42.5 Å². The van der Waals surface area contributed by atoms with E-state index in [1.165, 1.54) is 12.8 Å². The third-order valence-corrected chi connectivity index (χ3v) is 3.27. The number of carbonyl (C=O) groups excluding carboxylic acids is 1. The molecule has 0 aromatic carbocycles. The minimum Gasteiger partial charge on any atom is -0.354 e. The molecule has 0 aromatic heterocycles. The Morgan fingerprint density at radius 2 is 2.29 bits per heavy atom. The van der Waals surface area contributed by atoms with Gasteiger partial charge in [0.25, 0.3) is 0 Å². The van der Waals surface area contributed by atoms with Crippen molar-refractivity contribution in [3.05, 3.63) is 0 Å². The molecule has 2 unspecified atom stereocenters. The normalized spacial score (nSPS) is 35.4. The summed E-state index contributed by atoms with van der Waals surface area (Å²) >= 11 is 0. The molecule has 0 spiro atoms. The summed E-state index contributed by atoms with van der Waals surface area (Å²) in [5.41, 5.74) is 5.94. The van der Waals surface area contributed by atoms with Crippen molar-refractivity contribution in [3.63, 3.8) is 0 Å². The molecule has 4 nitrogen and oxygen atoms in total. The summed E-state index contributed by atoms with van der Waals surface area (Å²) in [6.45, 7) is 2.35. The molecule has 0 radical (unpaired) electrons. The minimum absolute atomic E-state index is 0.162. The summed E-state index contributed by atoms with van der Waals surface area (Å²) in [5, 5.41) is 2.85. The van der Waals surface area contributed by atoms with Crippen molar-refractivity contribution in [1.82, 2.24) is 10.2 Å². The molecule has 80 valence electrons. The van der Waals surface area contributed by atoms with E-state index in [0.29, 0.717) is 18.6 Å². The zero-order valence-corrected chi connectivity index (χ0v) is 8.54. The standard InChI is InChI=1S/C10H19N3O/c11-8-2-1-3-9(6-8)13-5-4-12-10(14)7-13/h8-9H,1-7,11H2,(H,12,14). The van der Waals surface area contributed by atoms with Gasteiger partial charge < -0.3 is 11.1 Å². The summed E-state index contributed by atoms with van der Waals surface area (Å²) in [6.07, 6.45) is 4.63. The van der Waals surface area contributed by atoms with Crippen LogP contribution < -0.4 is 11.1 Å². The molecule has 2 atom stereocenters. The first-order valence-corrected chi connectivity index (χ1v) is 5.52. The highest BCUT2D eigenvalue weighted by Crippen LogP contribution is 2.22. The van der Waals surface area contributed by atoms with Crippen molar-refractivity contribution in [3.8, 4) is 0 Å². The van der Waals surface area contributed by atoms with Crippen LogP contribution in [0, 0.1) is 0 Å². The van der Waals surface area contributed by atoms with Crippen LogP contribution >= 0.6 is 0 Å². The van der Waals surface area contributed by atoms with Crippen molar-refractivity contribution in [1.29, 1.82) is 0 Å². The van der Waals surface area contributed by atoms with E-state index in [1.807, 2.05) is 0 Å². The number of amides is 1. The monoisotopic (exact) mass is 197 g/mol. The molecule has 0 bridgehead atoms. The molecule has 1 heterocycles. The number of nitrogens with one attached hydrogen (secondary N) is 1. The highest BCUT2D eigenvalue weighted by molar-refractivity contribution is 5.78. The van der Waals surface area contributed by atoms with E-state index in [-0.39, 0.29) is 5.91 Å². The van der Waals surface area contributed by atoms with Gasteiger partial charge in [-0.15, -0.1) is 0 Å². The van der Waals surface area contributed by atoms with E-state index in [2.05, 4.69) is 10.2 Å². The lowest BCUT2D eigenvalue weighted by molar-refractivity contribution is -0.125. The molecular formula is C10H19N3O. The Bertz CT molecular complexity index is 219. The van der Waals surface area contributed by atoms with E-state index in [9.17, 15) is 4.79 Å². The largest absolute Gasteiger partial charge is 0.354 e. The zero-order chi connectivity index (χ0) is 9.97. The highest BCUT2D eigenvalue weighted by atomic mass is 16.2. The first-order chi connectivity index (χ1) is 6.75. The predicted octanol–water partition coefficient (Wildman–Crippen LogP) is -0.312. The number of rotatable bonds is 1. The van der Waals surface area contributed by atoms with Gasteiger partial charge >= 0.3 is 0 Å². The number of nitrogens with two attached hydrogens (primary N) is 1. The lowest BCUT2D eigenvalue weighted by Crippen LogP contribution is -2.53. The Labute approximate surface area is 84.8 Å². The van der Waals surface area contributed by atoms with Gasteiger partial charge in [-0.25, -0.2) is 0 Å². The van der Waals surface area contributed by atoms with Gasteiger partial charge in [-0.2, -0.15) is 0 Å². The fourth-order valence-electron chi connectivity index (χ4n) is 2.50. The van der Waals surface area contributed by atoms with Crippen molar-refractivity contribution >= 4 is 5.91 Å². The minimum atomic E-state index is 0.162. The van der Waals surface area contributed by atoms with E-state index < -0.39 is 0 Å². The molecule has 2 fully saturated rings. The van der Waals surface area contributed by atoms with Crippen LogP contribution in [-0.2, 0) is 4.79 Å². The average molecular weight is 197 g/mol. The van der Waals surface area contributed by atoms with Gasteiger partial charge in [0, 0.05) is 25.2 Å². The van der Waals surface area contributed by atoms with Gasteiger partial charge in [-0.3, -0.25) is 9.69 Å². The van der Waals surface area contributed by atoms with Crippen LogP contribution in [0.5, 0.6) is 0 Å². The smallest absolute Gasteiger partial charge is 0.234 e. The van der Waals surface area contributed by atoms with Gasteiger partial charge in [-0.1, -0.05) is 6.42 Å². The van der Waals surface area contributed by atoms with Crippen LogP contribution in [0.3, 0.4) is 0 Å². The van der Waals surface area contributed by atoms with E-state index in [0.717, 1.165) is 25.9 Å². The maximum Gasteiger partial charge on any atom is 0.234 e. The second-order valence-electron chi connectivity index (χ2n) is 4.40. The van der Waals surface area contributed by atoms with Gasteiger partial charge in [0.1, 0.15) is 0 Å². The summed E-state index contributed by atoms with van der Waals surface area (Å²) in [6, 6.07) is 0.892. The van der Waals surface area contributed by atoms with Gasteiger partial charge in [0.2, 0.25) is 5.91 Å². The lowest BCUT2D eigenvalue weighted by Gasteiger charge is -2.38. The number of hydrogen-bond donors (Lipinski definition) is 2. The number of carbonyl (C=O) groups is 1. The quantitative estimate of drug-likeness (QED) is 0.606. The molecule has 4 heteroatoms. The van der Waals surface area contributed by atoms with Crippen LogP contribution in [0.15, 0.2) is 0 Å². The number of nitrogens with zero attached hydrogens (tertiary/aromatic N) is 1. The van der Waals surface area contributed by atoms with E-state index in [4.69, 9.17) is 5.73 Å². The molecule has 1 aliphatic carbocycles. The molecule has 1 saturated heterocycles. The molecule has 1 amide bonds. The molecule has 3 N–H and O–H groups in total. The lowest BCUT2D eigenvalue weighted by atomic mass is 9.90. The van der Waals surface area contributed by atoms with Crippen LogP contribution in [0.25, 0.3) is 0 Å². The summed E-state index contributed by atoms with van der Waals surface area (Å²) in [5.74, 6) is 0.162. The Hall–Kier alpha value is -0.610. The maximum atomic E-state index is 11.2. The van der Waals surface area contributed by atoms with Crippen molar-refractivity contribution < 1.29 is 4.79 Å². The Kier molecular flexibility index (Phi) is 3.03. The Balaban J connectivity index is 1.89. The van der Waals surface area contributed by atoms with Gasteiger partial charge in [-0.05, 0) is 19.3 Å². The number of hydrogen-bond acceptors (Lipinski definition) is 3. The maximum absolute atomic E-state index is 11.2. The topological polar surface area (TPSA) is 58.4 Å². The molecule has 2 rings (SSSR count). The van der Waals surface area contributed by atoms with Crippen LogP contribution in [0.2, 0.25) is 0 Å².